The number of amides is 1. The normalized spacial score (nSPS) is 22.6. The van der Waals surface area contributed by atoms with Gasteiger partial charge in [0.15, 0.2) is 0 Å². The van der Waals surface area contributed by atoms with Gasteiger partial charge in [-0.05, 0) is 54.7 Å². The van der Waals surface area contributed by atoms with E-state index in [0.29, 0.717) is 61.1 Å². The molecule has 0 saturated heterocycles. The Kier molecular flexibility index (Phi) is 11.0. The highest BCUT2D eigenvalue weighted by molar-refractivity contribution is 5.95. The minimum absolute atomic E-state index is 0.0414. The summed E-state index contributed by atoms with van der Waals surface area (Å²) in [5.41, 5.74) is 2.11. The summed E-state index contributed by atoms with van der Waals surface area (Å²) in [4.78, 5) is 21.1. The van der Waals surface area contributed by atoms with Crippen LogP contribution in [-0.2, 0) is 9.47 Å². The largest absolute Gasteiger partial charge is 0.573 e. The number of aliphatic hydroxyl groups excluding tert-OH is 3. The van der Waals surface area contributed by atoms with Gasteiger partial charge in [0.2, 0.25) is 0 Å². The van der Waals surface area contributed by atoms with Crippen molar-refractivity contribution in [3.63, 3.8) is 0 Å². The van der Waals surface area contributed by atoms with E-state index >= 15 is 0 Å². The predicted molar refractivity (Wildman–Crippen MR) is 159 cm³/mol. The second-order valence-electron chi connectivity index (χ2n) is 11.1. The summed E-state index contributed by atoms with van der Waals surface area (Å²) in [6, 6.07) is 13.8. The first kappa shape index (κ1) is 33.5. The Labute approximate surface area is 262 Å². The van der Waals surface area contributed by atoms with Crippen molar-refractivity contribution in [2.75, 3.05) is 44.8 Å². The predicted octanol–water partition coefficient (Wildman–Crippen LogP) is 2.44. The quantitative estimate of drug-likeness (QED) is 0.0999. The monoisotopic (exact) mass is 647 g/mol. The van der Waals surface area contributed by atoms with Gasteiger partial charge in [0.05, 0.1) is 44.3 Å². The second-order valence-corrected chi connectivity index (χ2v) is 11.1. The topological polar surface area (TPSA) is 167 Å². The Morgan fingerprint density at radius 2 is 1.70 bits per heavy atom. The number of hydrogen-bond donors (Lipinski definition) is 6. The minimum atomic E-state index is -4.77. The molecule has 1 heterocycles. The molecule has 1 aromatic heterocycles. The van der Waals surface area contributed by atoms with E-state index in [-0.39, 0.29) is 42.6 Å². The third-order valence-electron chi connectivity index (χ3n) is 8.07. The molecule has 46 heavy (non-hydrogen) atoms. The van der Waals surface area contributed by atoms with Crippen molar-refractivity contribution in [3.05, 3.63) is 66.5 Å². The molecule has 0 spiro atoms. The van der Waals surface area contributed by atoms with Gasteiger partial charge >= 0.3 is 6.36 Å². The molecule has 2 fully saturated rings. The lowest BCUT2D eigenvalue weighted by atomic mass is 9.49. The van der Waals surface area contributed by atoms with E-state index < -0.39 is 24.8 Å². The first-order chi connectivity index (χ1) is 22.1. The number of anilines is 2. The third-order valence-corrected chi connectivity index (χ3v) is 8.07. The zero-order valence-corrected chi connectivity index (χ0v) is 24.7. The van der Waals surface area contributed by atoms with Gasteiger partial charge in [-0.1, -0.05) is 12.1 Å². The van der Waals surface area contributed by atoms with Crippen molar-refractivity contribution in [2.45, 2.75) is 31.2 Å². The molecule has 3 aromatic rings. The number of nitrogens with zero attached hydrogens (tertiary/aromatic N) is 2. The molecule has 12 nitrogen and oxygen atoms in total. The molecule has 15 heteroatoms. The van der Waals surface area contributed by atoms with E-state index in [1.807, 2.05) is 0 Å². The summed E-state index contributed by atoms with van der Waals surface area (Å²) in [5, 5.41) is 38.4. The Hall–Kier alpha value is -3.86. The zero-order chi connectivity index (χ0) is 32.7. The lowest BCUT2D eigenvalue weighted by Crippen LogP contribution is -2.69. The number of aromatic nitrogens is 2. The van der Waals surface area contributed by atoms with Crippen LogP contribution < -0.4 is 20.7 Å². The van der Waals surface area contributed by atoms with Crippen molar-refractivity contribution in [2.24, 2.45) is 17.8 Å². The van der Waals surface area contributed by atoms with Gasteiger partial charge in [-0.3, -0.25) is 10.1 Å². The highest BCUT2D eigenvalue weighted by atomic mass is 19.4. The number of halogens is 3. The van der Waals surface area contributed by atoms with E-state index in [1.165, 1.54) is 30.6 Å². The molecule has 2 aliphatic rings. The smallest absolute Gasteiger partial charge is 0.406 e. The van der Waals surface area contributed by atoms with Crippen LogP contribution in [0.15, 0.2) is 60.9 Å². The molecule has 6 N–H and O–H groups in total. The molecule has 5 rings (SSSR count). The van der Waals surface area contributed by atoms with E-state index in [4.69, 9.17) is 9.47 Å². The number of fused-ring (bicyclic) bond motifs is 1. The fourth-order valence-corrected chi connectivity index (χ4v) is 5.68. The lowest BCUT2D eigenvalue weighted by molar-refractivity contribution is -0.274. The van der Waals surface area contributed by atoms with Crippen LogP contribution in [0.25, 0.3) is 11.3 Å². The van der Waals surface area contributed by atoms with E-state index in [1.54, 1.807) is 30.3 Å². The highest BCUT2D eigenvalue weighted by Crippen LogP contribution is 2.55. The summed E-state index contributed by atoms with van der Waals surface area (Å²) >= 11 is 0. The first-order valence-corrected chi connectivity index (χ1v) is 14.9. The summed E-state index contributed by atoms with van der Waals surface area (Å²) in [5.74, 6) is -0.225. The van der Waals surface area contributed by atoms with Crippen LogP contribution in [0.5, 0.6) is 5.75 Å². The summed E-state index contributed by atoms with van der Waals surface area (Å²) in [7, 11) is 0. The maximum atomic E-state index is 12.7. The third kappa shape index (κ3) is 8.69. The number of benzene rings is 2. The molecular weight excluding hydrogens is 611 g/mol. The van der Waals surface area contributed by atoms with Crippen LogP contribution in [-0.4, -0.2) is 95.5 Å². The van der Waals surface area contributed by atoms with Gasteiger partial charge in [0.25, 0.3) is 5.91 Å². The number of aliphatic hydroxyl groups is 3. The van der Waals surface area contributed by atoms with E-state index in [2.05, 4.69) is 30.7 Å². The van der Waals surface area contributed by atoms with Gasteiger partial charge in [0, 0.05) is 41.9 Å². The number of hydrogen-bond acceptors (Lipinski definition) is 11. The standard InChI is InChI=1S/C31H36F3N5O7/c32-31(33,34)46-21-6-4-20(5-7-21)39-25-16-24(37-17-38-25)18-2-1-3-19(14-18)29(42)35-8-10-44-12-13-45-11-9-36-30(43)23-15-22-26(23)28(41)27(22)40/h1-7,14,16-17,22-23,26-28,30,36,40-41,43H,8-13,15H2,(H,35,42)(H,37,38,39). The highest BCUT2D eigenvalue weighted by Gasteiger charge is 2.61. The van der Waals surface area contributed by atoms with E-state index in [0.717, 1.165) is 0 Å². The van der Waals surface area contributed by atoms with Crippen LogP contribution in [0.4, 0.5) is 24.7 Å². The Morgan fingerprint density at radius 1 is 0.957 bits per heavy atom. The first-order valence-electron chi connectivity index (χ1n) is 14.9. The maximum absolute atomic E-state index is 12.7. The molecule has 0 radical (unpaired) electrons. The van der Waals surface area contributed by atoms with Crippen LogP contribution in [0.2, 0.25) is 0 Å². The van der Waals surface area contributed by atoms with E-state index in [9.17, 15) is 33.3 Å². The number of ether oxygens (including phenoxy) is 3. The fraction of sp³-hybridized carbons (Fsp3) is 0.452. The van der Waals surface area contributed by atoms with Crippen molar-refractivity contribution in [3.8, 4) is 17.0 Å². The van der Waals surface area contributed by atoms with Gasteiger partial charge in [-0.25, -0.2) is 9.97 Å². The SMILES string of the molecule is O=C(NCCOCCOCCNC(O)C1CC2C(O)C(O)C12)c1cccc(-c2cc(Nc3ccc(OC(F)(F)F)cc3)ncn2)c1. The van der Waals surface area contributed by atoms with Crippen molar-refractivity contribution in [1.29, 1.82) is 0 Å². The molecule has 2 aromatic carbocycles. The maximum Gasteiger partial charge on any atom is 0.573 e. The van der Waals surface area contributed by atoms with Gasteiger partial charge in [0.1, 0.15) is 24.1 Å². The van der Waals surface area contributed by atoms with Crippen LogP contribution in [0.1, 0.15) is 16.8 Å². The number of alkyl halides is 3. The van der Waals surface area contributed by atoms with Crippen LogP contribution in [0.3, 0.4) is 0 Å². The molecule has 0 bridgehead atoms. The summed E-state index contributed by atoms with van der Waals surface area (Å²) in [6.07, 6.45) is -4.89. The van der Waals surface area contributed by atoms with Crippen molar-refractivity contribution < 1.29 is 47.5 Å². The number of rotatable bonds is 16. The molecule has 248 valence electrons. The van der Waals surface area contributed by atoms with Crippen LogP contribution in [0, 0.1) is 17.8 Å². The molecular formula is C31H36F3N5O7. The Bertz CT molecular complexity index is 1440. The van der Waals surface area contributed by atoms with Crippen LogP contribution >= 0.6 is 0 Å². The molecule has 2 aliphatic carbocycles. The molecule has 1 amide bonds. The lowest BCUT2D eigenvalue weighted by Gasteiger charge is -2.60. The average molecular weight is 648 g/mol. The molecule has 0 aliphatic heterocycles. The number of nitrogens with one attached hydrogen (secondary N) is 3. The number of carbonyl (C=O) groups is 1. The second kappa shape index (κ2) is 15.2. The van der Waals surface area contributed by atoms with Crippen molar-refractivity contribution in [1.82, 2.24) is 20.6 Å². The zero-order valence-electron chi connectivity index (χ0n) is 24.7. The molecule has 6 atom stereocenters. The van der Waals surface area contributed by atoms with Gasteiger partial charge < -0.3 is 40.2 Å². The summed E-state index contributed by atoms with van der Waals surface area (Å²) < 4.78 is 52.1. The van der Waals surface area contributed by atoms with Gasteiger partial charge in [-0.15, -0.1) is 13.2 Å². The summed E-state index contributed by atoms with van der Waals surface area (Å²) in [6.45, 7) is 2.06. The minimum Gasteiger partial charge on any atom is -0.406 e. The fourth-order valence-electron chi connectivity index (χ4n) is 5.68. The average Bonchev–Trinajstić information content (AvgIpc) is 3.02. The molecule has 6 unspecified atom stereocenters. The molecule has 2 saturated carbocycles. The van der Waals surface area contributed by atoms with Gasteiger partial charge in [-0.2, -0.15) is 0 Å². The van der Waals surface area contributed by atoms with Crippen molar-refractivity contribution >= 4 is 17.4 Å². The Balaban J connectivity index is 0.968. The number of carbonyl (C=O) groups excluding carboxylic acids is 1. The Morgan fingerprint density at radius 3 is 2.41 bits per heavy atom.